The van der Waals surface area contributed by atoms with Crippen LogP contribution in [0.1, 0.15) is 44.6 Å². The van der Waals surface area contributed by atoms with Crippen LogP contribution in [0.5, 0.6) is 5.75 Å². The lowest BCUT2D eigenvalue weighted by Crippen LogP contribution is -2.47. The second-order valence-corrected chi connectivity index (χ2v) is 9.09. The Kier molecular flexibility index (Phi) is 7.83. The Balaban J connectivity index is 1.81. The van der Waals surface area contributed by atoms with Gasteiger partial charge in [0.2, 0.25) is 0 Å². The molecule has 3 aromatic rings. The van der Waals surface area contributed by atoms with Gasteiger partial charge in [-0.1, -0.05) is 32.3 Å². The molecule has 0 aliphatic heterocycles. The van der Waals surface area contributed by atoms with Crippen LogP contribution in [0.15, 0.2) is 41.2 Å². The minimum absolute atomic E-state index is 0.0124. The molecule has 1 aromatic heterocycles. The fourth-order valence-electron chi connectivity index (χ4n) is 3.45. The van der Waals surface area contributed by atoms with E-state index in [2.05, 4.69) is 6.92 Å². The summed E-state index contributed by atoms with van der Waals surface area (Å²) in [4.78, 5) is 13.1. The third-order valence-electron chi connectivity index (χ3n) is 5.51. The molecule has 0 saturated carbocycles. The van der Waals surface area contributed by atoms with E-state index in [1.54, 1.807) is 11.3 Å². The van der Waals surface area contributed by atoms with Crippen LogP contribution in [0.2, 0.25) is 0 Å². The minimum Gasteiger partial charge on any atom is -0.494 e. The number of hydrogen-bond donors (Lipinski definition) is 3. The lowest BCUT2D eigenvalue weighted by Gasteiger charge is -2.24. The molecule has 0 aliphatic carbocycles. The van der Waals surface area contributed by atoms with Gasteiger partial charge in [-0.15, -0.1) is 11.3 Å². The monoisotopic (exact) mass is 429 g/mol. The number of ether oxygens (including phenoxy) is 1. The molecule has 0 aliphatic rings. The first-order chi connectivity index (χ1) is 14.5. The highest BCUT2D eigenvalue weighted by Gasteiger charge is 2.22. The standard InChI is InChI=1S/C24H31NO4S/c1-2-3-4-5-12-29-18-7-8-19-22(14-18)30-21-9-6-17(13-20(21)23(19)28)10-11-24(25,15-26)16-27/h6-9,13-14,26-27H,2-5,10-12,15-16,25H2,1H3. The molecule has 0 bridgehead atoms. The van der Waals surface area contributed by atoms with Gasteiger partial charge in [-0.2, -0.15) is 0 Å². The van der Waals surface area contributed by atoms with Crippen molar-refractivity contribution in [3.8, 4) is 5.75 Å². The van der Waals surface area contributed by atoms with E-state index in [-0.39, 0.29) is 18.6 Å². The van der Waals surface area contributed by atoms with Crippen molar-refractivity contribution in [1.82, 2.24) is 0 Å². The summed E-state index contributed by atoms with van der Waals surface area (Å²) in [6.07, 6.45) is 5.67. The Morgan fingerprint density at radius 1 is 1.00 bits per heavy atom. The number of hydrogen-bond acceptors (Lipinski definition) is 6. The summed E-state index contributed by atoms with van der Waals surface area (Å²) in [5.74, 6) is 0.804. The average molecular weight is 430 g/mol. The summed E-state index contributed by atoms with van der Waals surface area (Å²) < 4.78 is 7.72. The SMILES string of the molecule is CCCCCCOc1ccc2c(=O)c3cc(CCC(N)(CO)CO)ccc3sc2c1. The summed E-state index contributed by atoms with van der Waals surface area (Å²) in [6, 6.07) is 11.5. The topological polar surface area (TPSA) is 92.8 Å². The lowest BCUT2D eigenvalue weighted by molar-refractivity contribution is 0.115. The number of benzene rings is 2. The van der Waals surface area contributed by atoms with Gasteiger partial charge in [-0.05, 0) is 55.2 Å². The summed E-state index contributed by atoms with van der Waals surface area (Å²) in [6.45, 7) is 2.33. The Bertz CT molecular complexity index is 1040. The number of nitrogens with two attached hydrogens (primary N) is 1. The second kappa shape index (κ2) is 10.4. The van der Waals surface area contributed by atoms with Gasteiger partial charge in [-0.3, -0.25) is 4.79 Å². The molecular formula is C24H31NO4S. The summed E-state index contributed by atoms with van der Waals surface area (Å²) >= 11 is 1.58. The van der Waals surface area contributed by atoms with Gasteiger partial charge < -0.3 is 20.7 Å². The van der Waals surface area contributed by atoms with E-state index < -0.39 is 5.54 Å². The van der Waals surface area contributed by atoms with Crippen LogP contribution in [0, 0.1) is 0 Å². The van der Waals surface area contributed by atoms with Gasteiger partial charge in [0.1, 0.15) is 5.75 Å². The van der Waals surface area contributed by atoms with Crippen molar-refractivity contribution in [1.29, 1.82) is 0 Å². The summed E-state index contributed by atoms with van der Waals surface area (Å²) in [5.41, 5.74) is 5.94. The van der Waals surface area contributed by atoms with Crippen LogP contribution < -0.4 is 15.9 Å². The normalized spacial score (nSPS) is 12.0. The summed E-state index contributed by atoms with van der Waals surface area (Å²) in [7, 11) is 0. The first-order valence-electron chi connectivity index (χ1n) is 10.6. The molecule has 0 atom stereocenters. The average Bonchev–Trinajstić information content (AvgIpc) is 2.77. The maximum Gasteiger partial charge on any atom is 0.195 e. The second-order valence-electron chi connectivity index (χ2n) is 8.01. The predicted molar refractivity (Wildman–Crippen MR) is 125 cm³/mol. The quantitative estimate of drug-likeness (QED) is 0.317. The fraction of sp³-hybridized carbons (Fsp3) is 0.458. The highest BCUT2D eigenvalue weighted by molar-refractivity contribution is 7.24. The molecule has 0 saturated heterocycles. The van der Waals surface area contributed by atoms with Gasteiger partial charge in [0.15, 0.2) is 5.43 Å². The molecule has 6 heteroatoms. The van der Waals surface area contributed by atoms with E-state index in [1.165, 1.54) is 19.3 Å². The van der Waals surface area contributed by atoms with Crippen molar-refractivity contribution < 1.29 is 14.9 Å². The number of aliphatic hydroxyl groups excluding tert-OH is 2. The van der Waals surface area contributed by atoms with Crippen molar-refractivity contribution in [3.63, 3.8) is 0 Å². The van der Waals surface area contributed by atoms with Crippen LogP contribution >= 0.6 is 11.3 Å². The largest absolute Gasteiger partial charge is 0.494 e. The van der Waals surface area contributed by atoms with Crippen LogP contribution in [-0.2, 0) is 6.42 Å². The molecule has 30 heavy (non-hydrogen) atoms. The maximum absolute atomic E-state index is 13.1. The van der Waals surface area contributed by atoms with Gasteiger partial charge in [-0.25, -0.2) is 0 Å². The molecule has 5 nitrogen and oxygen atoms in total. The molecule has 0 fully saturated rings. The smallest absolute Gasteiger partial charge is 0.195 e. The zero-order valence-electron chi connectivity index (χ0n) is 17.5. The number of unbranched alkanes of at least 4 members (excludes halogenated alkanes) is 3. The molecule has 3 rings (SSSR count). The predicted octanol–water partition coefficient (Wildman–Crippen LogP) is 3.99. The van der Waals surface area contributed by atoms with Crippen LogP contribution in [0.3, 0.4) is 0 Å². The molecule has 4 N–H and O–H groups in total. The first-order valence-corrected chi connectivity index (χ1v) is 11.4. The third-order valence-corrected chi connectivity index (χ3v) is 6.65. The van der Waals surface area contributed by atoms with E-state index in [9.17, 15) is 15.0 Å². The number of aryl methyl sites for hydroxylation is 1. The zero-order valence-corrected chi connectivity index (χ0v) is 18.3. The molecule has 0 unspecified atom stereocenters. The van der Waals surface area contributed by atoms with E-state index in [0.29, 0.717) is 30.2 Å². The molecule has 0 spiro atoms. The molecule has 2 aromatic carbocycles. The van der Waals surface area contributed by atoms with Crippen molar-refractivity contribution in [2.24, 2.45) is 5.73 Å². The van der Waals surface area contributed by atoms with Crippen molar-refractivity contribution >= 4 is 31.5 Å². The molecule has 1 heterocycles. The van der Waals surface area contributed by atoms with E-state index >= 15 is 0 Å². The molecule has 0 radical (unpaired) electrons. The van der Waals surface area contributed by atoms with Gasteiger partial charge >= 0.3 is 0 Å². The van der Waals surface area contributed by atoms with E-state index in [1.807, 2.05) is 36.4 Å². The fourth-order valence-corrected chi connectivity index (χ4v) is 4.53. The maximum atomic E-state index is 13.1. The van der Waals surface area contributed by atoms with Gasteiger partial charge in [0.05, 0.1) is 25.4 Å². The highest BCUT2D eigenvalue weighted by Crippen LogP contribution is 2.29. The van der Waals surface area contributed by atoms with E-state index in [0.717, 1.165) is 27.1 Å². The minimum atomic E-state index is -1.01. The van der Waals surface area contributed by atoms with Gasteiger partial charge in [0, 0.05) is 20.2 Å². The molecular weight excluding hydrogens is 398 g/mol. The highest BCUT2D eigenvalue weighted by atomic mass is 32.1. The Labute approximate surface area is 181 Å². The Morgan fingerprint density at radius 3 is 2.53 bits per heavy atom. The van der Waals surface area contributed by atoms with Crippen molar-refractivity contribution in [3.05, 3.63) is 52.2 Å². The van der Waals surface area contributed by atoms with E-state index in [4.69, 9.17) is 10.5 Å². The van der Waals surface area contributed by atoms with Gasteiger partial charge in [0.25, 0.3) is 0 Å². The van der Waals surface area contributed by atoms with Crippen LogP contribution in [-0.4, -0.2) is 35.6 Å². The summed E-state index contributed by atoms with van der Waals surface area (Å²) in [5, 5.41) is 20.1. The molecule has 162 valence electrons. The van der Waals surface area contributed by atoms with Crippen molar-refractivity contribution in [2.45, 2.75) is 51.0 Å². The Morgan fingerprint density at radius 2 is 1.80 bits per heavy atom. The first kappa shape index (κ1) is 22.7. The number of fused-ring (bicyclic) bond motifs is 2. The lowest BCUT2D eigenvalue weighted by atomic mass is 9.93. The van der Waals surface area contributed by atoms with Crippen molar-refractivity contribution in [2.75, 3.05) is 19.8 Å². The van der Waals surface area contributed by atoms with Crippen LogP contribution in [0.4, 0.5) is 0 Å². The third kappa shape index (κ3) is 5.38. The molecule has 0 amide bonds. The van der Waals surface area contributed by atoms with Crippen LogP contribution in [0.25, 0.3) is 20.2 Å². The Hall–Kier alpha value is -1.99. The number of rotatable bonds is 11. The zero-order chi connectivity index (χ0) is 21.6. The number of aliphatic hydroxyl groups is 2.